The highest BCUT2D eigenvalue weighted by molar-refractivity contribution is 6.33. The van der Waals surface area contributed by atoms with Gasteiger partial charge < -0.3 is 10.4 Å². The van der Waals surface area contributed by atoms with Crippen LogP contribution >= 0.6 is 11.6 Å². The smallest absolute Gasteiger partial charge is 0.356 e. The molecule has 0 aliphatic carbocycles. The van der Waals surface area contributed by atoms with Gasteiger partial charge in [0.1, 0.15) is 11.6 Å². The number of carboxylic acids is 1. The van der Waals surface area contributed by atoms with Crippen LogP contribution in [0.2, 0.25) is 5.02 Å². The van der Waals surface area contributed by atoms with Crippen molar-refractivity contribution in [3.05, 3.63) is 52.4 Å². The number of anilines is 2. The number of pyridine rings is 1. The summed E-state index contributed by atoms with van der Waals surface area (Å²) in [6, 6.07) is 7.52. The number of hydrogen-bond donors (Lipinski definition) is 2. The predicted molar refractivity (Wildman–Crippen MR) is 70.6 cm³/mol. The van der Waals surface area contributed by atoms with E-state index in [0.29, 0.717) is 5.56 Å². The summed E-state index contributed by atoms with van der Waals surface area (Å²) >= 11 is 5.71. The predicted octanol–water partition coefficient (Wildman–Crippen LogP) is 3.62. The van der Waals surface area contributed by atoms with E-state index >= 15 is 0 Å². The van der Waals surface area contributed by atoms with Crippen molar-refractivity contribution >= 4 is 29.1 Å². The molecule has 0 radical (unpaired) electrons. The monoisotopic (exact) mass is 280 g/mol. The third-order valence-corrected chi connectivity index (χ3v) is 2.83. The molecule has 2 rings (SSSR count). The second-order valence-electron chi connectivity index (χ2n) is 3.89. The second-order valence-corrected chi connectivity index (χ2v) is 4.30. The van der Waals surface area contributed by atoms with Gasteiger partial charge in [0.05, 0.1) is 10.7 Å². The quantitative estimate of drug-likeness (QED) is 0.901. The van der Waals surface area contributed by atoms with E-state index in [4.69, 9.17) is 16.7 Å². The number of carbonyl (C=O) groups is 1. The zero-order valence-corrected chi connectivity index (χ0v) is 10.7. The van der Waals surface area contributed by atoms with Crippen molar-refractivity contribution in [2.75, 3.05) is 5.32 Å². The molecule has 0 spiro atoms. The number of nitrogens with zero attached hydrogens (tertiary/aromatic N) is 1. The number of rotatable bonds is 3. The lowest BCUT2D eigenvalue weighted by Gasteiger charge is -2.10. The topological polar surface area (TPSA) is 62.2 Å². The number of nitrogens with one attached hydrogen (secondary N) is 1. The highest BCUT2D eigenvalue weighted by atomic mass is 35.5. The van der Waals surface area contributed by atoms with Crippen LogP contribution in [0.4, 0.5) is 15.9 Å². The van der Waals surface area contributed by atoms with E-state index in [1.807, 2.05) is 0 Å². The normalized spacial score (nSPS) is 10.3. The fraction of sp³-hybridized carbons (Fsp3) is 0.0769. The average Bonchev–Trinajstić information content (AvgIpc) is 2.35. The van der Waals surface area contributed by atoms with Crippen LogP contribution in [0, 0.1) is 12.7 Å². The van der Waals surface area contributed by atoms with Crippen LogP contribution in [0.15, 0.2) is 30.3 Å². The molecule has 0 saturated carbocycles. The van der Waals surface area contributed by atoms with Gasteiger partial charge in [0, 0.05) is 0 Å². The van der Waals surface area contributed by atoms with Gasteiger partial charge in [0.25, 0.3) is 0 Å². The fourth-order valence-corrected chi connectivity index (χ4v) is 1.77. The van der Waals surface area contributed by atoms with Gasteiger partial charge in [-0.25, -0.2) is 14.2 Å². The Bertz CT molecular complexity index is 626. The van der Waals surface area contributed by atoms with Gasteiger partial charge >= 0.3 is 5.97 Å². The second kappa shape index (κ2) is 5.24. The SMILES string of the molecule is Cc1cccc(F)c1Nc1ccc(Cl)c(C(=O)O)n1. The van der Waals surface area contributed by atoms with E-state index in [2.05, 4.69) is 10.3 Å². The van der Waals surface area contributed by atoms with Gasteiger partial charge in [-0.3, -0.25) is 0 Å². The summed E-state index contributed by atoms with van der Waals surface area (Å²) in [5.74, 6) is -1.46. The Morgan fingerprint density at radius 3 is 2.74 bits per heavy atom. The first-order valence-corrected chi connectivity index (χ1v) is 5.79. The summed E-state index contributed by atoms with van der Waals surface area (Å²) in [5.41, 5.74) is 0.669. The lowest BCUT2D eigenvalue weighted by atomic mass is 10.2. The van der Waals surface area contributed by atoms with Gasteiger partial charge in [-0.05, 0) is 30.7 Å². The minimum absolute atomic E-state index is 0.0308. The minimum atomic E-state index is -1.24. The Hall–Kier alpha value is -2.14. The Morgan fingerprint density at radius 2 is 2.11 bits per heavy atom. The zero-order valence-electron chi connectivity index (χ0n) is 9.95. The van der Waals surface area contributed by atoms with Crippen LogP contribution in [0.5, 0.6) is 0 Å². The minimum Gasteiger partial charge on any atom is -0.476 e. The molecule has 1 aromatic heterocycles. The zero-order chi connectivity index (χ0) is 14.0. The van der Waals surface area contributed by atoms with Crippen molar-refractivity contribution < 1.29 is 14.3 Å². The van der Waals surface area contributed by atoms with Crippen molar-refractivity contribution in [3.8, 4) is 0 Å². The first kappa shape index (κ1) is 13.3. The molecular formula is C13H10ClFN2O2. The van der Waals surface area contributed by atoms with Gasteiger partial charge in [0.2, 0.25) is 0 Å². The maximum absolute atomic E-state index is 13.6. The maximum Gasteiger partial charge on any atom is 0.356 e. The molecule has 1 aromatic carbocycles. The molecule has 0 aliphatic rings. The highest BCUT2D eigenvalue weighted by Crippen LogP contribution is 2.24. The molecule has 0 amide bonds. The molecule has 0 fully saturated rings. The lowest BCUT2D eigenvalue weighted by molar-refractivity contribution is 0.0691. The van der Waals surface area contributed by atoms with Crippen molar-refractivity contribution in [2.24, 2.45) is 0 Å². The Balaban J connectivity index is 2.39. The molecule has 4 nitrogen and oxygen atoms in total. The summed E-state index contributed by atoms with van der Waals surface area (Å²) in [5, 5.41) is 11.7. The van der Waals surface area contributed by atoms with Crippen molar-refractivity contribution in [1.29, 1.82) is 0 Å². The van der Waals surface area contributed by atoms with E-state index in [1.54, 1.807) is 19.1 Å². The summed E-state index contributed by atoms with van der Waals surface area (Å²) in [7, 11) is 0. The summed E-state index contributed by atoms with van der Waals surface area (Å²) in [6.07, 6.45) is 0. The summed E-state index contributed by atoms with van der Waals surface area (Å²) in [4.78, 5) is 14.8. The van der Waals surface area contributed by atoms with Crippen LogP contribution in [0.3, 0.4) is 0 Å². The number of hydrogen-bond acceptors (Lipinski definition) is 3. The molecule has 2 N–H and O–H groups in total. The Morgan fingerprint density at radius 1 is 1.37 bits per heavy atom. The van der Waals surface area contributed by atoms with Gasteiger partial charge in [-0.15, -0.1) is 0 Å². The number of carboxylic acid groups (broad SMARTS) is 1. The van der Waals surface area contributed by atoms with E-state index in [1.165, 1.54) is 18.2 Å². The molecule has 0 bridgehead atoms. The van der Waals surface area contributed by atoms with E-state index in [0.717, 1.165) is 0 Å². The van der Waals surface area contributed by atoms with Gasteiger partial charge in [-0.1, -0.05) is 23.7 Å². The molecule has 1 heterocycles. The number of benzene rings is 1. The number of aromatic carboxylic acids is 1. The molecule has 0 aliphatic heterocycles. The van der Waals surface area contributed by atoms with Crippen LogP contribution < -0.4 is 5.32 Å². The molecule has 0 atom stereocenters. The van der Waals surface area contributed by atoms with Crippen molar-refractivity contribution in [2.45, 2.75) is 6.92 Å². The maximum atomic E-state index is 13.6. The highest BCUT2D eigenvalue weighted by Gasteiger charge is 2.13. The van der Waals surface area contributed by atoms with Crippen LogP contribution in [-0.4, -0.2) is 16.1 Å². The molecule has 0 unspecified atom stereocenters. The number of aromatic nitrogens is 1. The van der Waals surface area contributed by atoms with E-state index < -0.39 is 11.8 Å². The molecule has 19 heavy (non-hydrogen) atoms. The third-order valence-electron chi connectivity index (χ3n) is 2.52. The summed E-state index contributed by atoms with van der Waals surface area (Å²) < 4.78 is 13.6. The Labute approximate surface area is 113 Å². The Kier molecular flexibility index (Phi) is 3.66. The standard InChI is InChI=1S/C13H10ClFN2O2/c1-7-3-2-4-9(15)11(7)16-10-6-5-8(14)12(17-10)13(18)19/h2-6H,1H3,(H,16,17)(H,18,19). The van der Waals surface area contributed by atoms with Crippen molar-refractivity contribution in [1.82, 2.24) is 4.98 Å². The largest absolute Gasteiger partial charge is 0.476 e. The first-order chi connectivity index (χ1) is 8.99. The number of halogens is 2. The third kappa shape index (κ3) is 2.82. The number of aryl methyl sites for hydroxylation is 1. The molecule has 6 heteroatoms. The van der Waals surface area contributed by atoms with Crippen LogP contribution in [0.25, 0.3) is 0 Å². The molecule has 0 saturated heterocycles. The molecule has 98 valence electrons. The fourth-order valence-electron chi connectivity index (χ4n) is 1.58. The molecular weight excluding hydrogens is 271 g/mol. The van der Waals surface area contributed by atoms with Crippen LogP contribution in [-0.2, 0) is 0 Å². The molecule has 2 aromatic rings. The van der Waals surface area contributed by atoms with E-state index in [9.17, 15) is 9.18 Å². The van der Waals surface area contributed by atoms with Crippen LogP contribution in [0.1, 0.15) is 16.1 Å². The number of para-hydroxylation sites is 1. The van der Waals surface area contributed by atoms with Gasteiger partial charge in [0.15, 0.2) is 5.69 Å². The van der Waals surface area contributed by atoms with Crippen molar-refractivity contribution in [3.63, 3.8) is 0 Å². The lowest BCUT2D eigenvalue weighted by Crippen LogP contribution is -2.05. The average molecular weight is 281 g/mol. The van der Waals surface area contributed by atoms with E-state index in [-0.39, 0.29) is 22.2 Å². The van der Waals surface area contributed by atoms with Gasteiger partial charge in [-0.2, -0.15) is 0 Å². The first-order valence-electron chi connectivity index (χ1n) is 5.41. The summed E-state index contributed by atoms with van der Waals surface area (Å²) in [6.45, 7) is 1.74.